The van der Waals surface area contributed by atoms with Crippen molar-refractivity contribution in [2.75, 3.05) is 13.2 Å². The normalized spacial score (nSPS) is 19.5. The van der Waals surface area contributed by atoms with Gasteiger partial charge in [-0.2, -0.15) is 0 Å². The van der Waals surface area contributed by atoms with Gasteiger partial charge in [0.2, 0.25) is 5.91 Å². The van der Waals surface area contributed by atoms with Crippen LogP contribution in [0, 0.1) is 0 Å². The van der Waals surface area contributed by atoms with Crippen molar-refractivity contribution < 1.29 is 50.0 Å². The van der Waals surface area contributed by atoms with Gasteiger partial charge in [0.05, 0.1) is 25.4 Å². The number of aliphatic hydroxyl groups is 7. The van der Waals surface area contributed by atoms with E-state index in [9.17, 15) is 40.5 Å². The average Bonchev–Trinajstić information content (AvgIpc) is 3.47. The summed E-state index contributed by atoms with van der Waals surface area (Å²) in [4.78, 5) is 13.2. The molecule has 0 aliphatic carbocycles. The van der Waals surface area contributed by atoms with Gasteiger partial charge in [-0.25, -0.2) is 0 Å². The first kappa shape index (κ1) is 76.1. The lowest BCUT2D eigenvalue weighted by Crippen LogP contribution is -2.60. The smallest absolute Gasteiger partial charge is 0.249 e. The standard InChI is InChI=1S/C69H129NO10/c1-3-5-7-9-11-13-15-17-19-21-23-25-27-29-30-31-33-35-37-39-41-43-45-47-49-51-53-55-57-62(73)68(78)70-60(59-79-69-67(77)66(76)65(75)63(58-71)80-69)64(74)61(72)56-54-52-50-48-46-44-42-40-38-36-34-32-28-26-24-22-20-18-16-14-12-10-8-6-4-2/h29-30,32,34,40,42,48,50,60-67,69,71-77H,3-28,31,33,35-39,41,43-47,49,51-59H2,1-2H3,(H,70,78)/b30-29-,34-32+,42-40+,50-48+. The molecule has 0 aromatic carbocycles. The number of hydrogen-bond acceptors (Lipinski definition) is 10. The zero-order valence-corrected chi connectivity index (χ0v) is 51.8. The van der Waals surface area contributed by atoms with Gasteiger partial charge in [0, 0.05) is 0 Å². The van der Waals surface area contributed by atoms with Crippen LogP contribution in [-0.2, 0) is 14.3 Å². The maximum absolute atomic E-state index is 13.2. The number of carbonyl (C=O) groups excluding carboxylic acids is 1. The van der Waals surface area contributed by atoms with E-state index in [0.29, 0.717) is 19.3 Å². The molecule has 8 N–H and O–H groups in total. The van der Waals surface area contributed by atoms with Gasteiger partial charge < -0.3 is 50.5 Å². The average molecular weight is 1130 g/mol. The van der Waals surface area contributed by atoms with Gasteiger partial charge in [0.25, 0.3) is 0 Å². The Balaban J connectivity index is 2.26. The molecule has 0 spiro atoms. The van der Waals surface area contributed by atoms with E-state index < -0.39 is 74.2 Å². The van der Waals surface area contributed by atoms with Crippen molar-refractivity contribution in [3.8, 4) is 0 Å². The Morgan fingerprint density at radius 1 is 0.425 bits per heavy atom. The molecule has 80 heavy (non-hydrogen) atoms. The number of nitrogens with one attached hydrogen (secondary N) is 1. The summed E-state index contributed by atoms with van der Waals surface area (Å²) < 4.78 is 11.2. The number of rotatable bonds is 59. The molecular formula is C69H129NO10. The molecule has 1 rings (SSSR count). The van der Waals surface area contributed by atoms with E-state index >= 15 is 0 Å². The molecule has 11 nitrogen and oxygen atoms in total. The predicted molar refractivity (Wildman–Crippen MR) is 335 cm³/mol. The highest BCUT2D eigenvalue weighted by Gasteiger charge is 2.44. The summed E-state index contributed by atoms with van der Waals surface area (Å²) in [6.45, 7) is 3.48. The first-order chi connectivity index (χ1) is 39.2. The lowest BCUT2D eigenvalue weighted by atomic mass is 9.98. The summed E-state index contributed by atoms with van der Waals surface area (Å²) in [5.41, 5.74) is 0. The summed E-state index contributed by atoms with van der Waals surface area (Å²) in [6.07, 6.45) is 63.3. The summed E-state index contributed by atoms with van der Waals surface area (Å²) in [7, 11) is 0. The maximum atomic E-state index is 13.2. The zero-order valence-electron chi connectivity index (χ0n) is 51.8. The van der Waals surface area contributed by atoms with Crippen LogP contribution >= 0.6 is 0 Å². The van der Waals surface area contributed by atoms with Crippen molar-refractivity contribution in [3.63, 3.8) is 0 Å². The molecule has 1 heterocycles. The number of carbonyl (C=O) groups is 1. The third-order valence-corrected chi connectivity index (χ3v) is 16.3. The van der Waals surface area contributed by atoms with Gasteiger partial charge in [-0.15, -0.1) is 0 Å². The van der Waals surface area contributed by atoms with Crippen LogP contribution < -0.4 is 5.32 Å². The van der Waals surface area contributed by atoms with Gasteiger partial charge in [-0.3, -0.25) is 4.79 Å². The fourth-order valence-corrected chi connectivity index (χ4v) is 10.8. The Kier molecular flexibility index (Phi) is 54.7. The highest BCUT2D eigenvalue weighted by atomic mass is 16.7. The monoisotopic (exact) mass is 1130 g/mol. The minimum Gasteiger partial charge on any atom is -0.394 e. The summed E-state index contributed by atoms with van der Waals surface area (Å²) in [5.74, 6) is -0.710. The Morgan fingerprint density at radius 2 is 0.750 bits per heavy atom. The summed E-state index contributed by atoms with van der Waals surface area (Å²) in [5, 5.41) is 76.4. The SMILES string of the molecule is CCCCCCCCCCCCCC/C=C\CCCCCCCCCCCCCCC(O)C(=O)NC(COC1OC(CO)C(O)C(O)C1O)C(O)C(O)CCC/C=C/CC/C=C/CC/C=C/CCCCCCCCCCCCCC. The molecule has 1 aliphatic heterocycles. The predicted octanol–water partition coefficient (Wildman–Crippen LogP) is 16.0. The van der Waals surface area contributed by atoms with Gasteiger partial charge in [0.15, 0.2) is 6.29 Å². The zero-order chi connectivity index (χ0) is 58.2. The second-order valence-electron chi connectivity index (χ2n) is 23.9. The second-order valence-corrected chi connectivity index (χ2v) is 23.9. The number of ether oxygens (including phenoxy) is 2. The molecule has 0 bridgehead atoms. The first-order valence-electron chi connectivity index (χ1n) is 34.0. The van der Waals surface area contributed by atoms with Crippen LogP contribution in [0.5, 0.6) is 0 Å². The molecule has 0 radical (unpaired) electrons. The van der Waals surface area contributed by atoms with Crippen LogP contribution in [0.3, 0.4) is 0 Å². The molecule has 0 saturated carbocycles. The molecule has 9 unspecified atom stereocenters. The van der Waals surface area contributed by atoms with Crippen molar-refractivity contribution in [3.05, 3.63) is 48.6 Å². The van der Waals surface area contributed by atoms with Crippen LogP contribution in [0.2, 0.25) is 0 Å². The number of hydrogen-bond donors (Lipinski definition) is 8. The minimum absolute atomic E-state index is 0.241. The minimum atomic E-state index is -1.67. The Morgan fingerprint density at radius 3 is 1.11 bits per heavy atom. The Bertz CT molecular complexity index is 1440. The molecule has 1 fully saturated rings. The number of unbranched alkanes of at least 4 members (excludes halogenated alkanes) is 39. The fraction of sp³-hybridized carbons (Fsp3) is 0.870. The molecule has 9 atom stereocenters. The van der Waals surface area contributed by atoms with Crippen molar-refractivity contribution in [1.82, 2.24) is 5.32 Å². The van der Waals surface area contributed by atoms with E-state index in [1.54, 1.807) is 0 Å². The molecule has 1 saturated heterocycles. The molecule has 0 aromatic rings. The topological polar surface area (TPSA) is 189 Å². The lowest BCUT2D eigenvalue weighted by molar-refractivity contribution is -0.303. The van der Waals surface area contributed by atoms with Crippen LogP contribution in [0.15, 0.2) is 48.6 Å². The highest BCUT2D eigenvalue weighted by molar-refractivity contribution is 5.80. The second kappa shape index (κ2) is 57.5. The third-order valence-electron chi connectivity index (χ3n) is 16.3. The highest BCUT2D eigenvalue weighted by Crippen LogP contribution is 2.24. The van der Waals surface area contributed by atoms with Gasteiger partial charge in [-0.1, -0.05) is 274 Å². The quantitative estimate of drug-likeness (QED) is 0.0215. The van der Waals surface area contributed by atoms with Crippen LogP contribution in [0.25, 0.3) is 0 Å². The summed E-state index contributed by atoms with van der Waals surface area (Å²) >= 11 is 0. The van der Waals surface area contributed by atoms with E-state index in [2.05, 4.69) is 67.8 Å². The third kappa shape index (κ3) is 44.6. The van der Waals surface area contributed by atoms with Crippen molar-refractivity contribution >= 4 is 5.91 Å². The van der Waals surface area contributed by atoms with Crippen LogP contribution in [-0.4, -0.2) is 110 Å². The van der Waals surface area contributed by atoms with Gasteiger partial charge in [0.1, 0.15) is 36.6 Å². The molecule has 1 aliphatic rings. The molecule has 470 valence electrons. The molecule has 1 amide bonds. The van der Waals surface area contributed by atoms with E-state index in [4.69, 9.17) is 9.47 Å². The number of allylic oxidation sites excluding steroid dienone is 8. The van der Waals surface area contributed by atoms with E-state index in [0.717, 1.165) is 44.9 Å². The van der Waals surface area contributed by atoms with E-state index in [-0.39, 0.29) is 12.8 Å². The van der Waals surface area contributed by atoms with Crippen molar-refractivity contribution in [2.24, 2.45) is 0 Å². The van der Waals surface area contributed by atoms with E-state index in [1.807, 2.05) is 0 Å². The molecule has 11 heteroatoms. The van der Waals surface area contributed by atoms with Gasteiger partial charge in [-0.05, 0) is 89.9 Å². The fourth-order valence-electron chi connectivity index (χ4n) is 10.8. The molecule has 0 aromatic heterocycles. The lowest BCUT2D eigenvalue weighted by Gasteiger charge is -2.40. The van der Waals surface area contributed by atoms with Crippen molar-refractivity contribution in [2.45, 2.75) is 371 Å². The van der Waals surface area contributed by atoms with E-state index in [1.165, 1.54) is 225 Å². The Hall–Kier alpha value is -1.93. The number of aliphatic hydroxyl groups excluding tert-OH is 7. The van der Waals surface area contributed by atoms with Gasteiger partial charge >= 0.3 is 0 Å². The first-order valence-corrected chi connectivity index (χ1v) is 34.0. The largest absolute Gasteiger partial charge is 0.394 e. The maximum Gasteiger partial charge on any atom is 0.249 e. The summed E-state index contributed by atoms with van der Waals surface area (Å²) in [6, 6.07) is -1.20. The Labute approximate surface area is 491 Å². The van der Waals surface area contributed by atoms with Crippen LogP contribution in [0.4, 0.5) is 0 Å². The molecular weight excluding hydrogens is 1000 g/mol. The van der Waals surface area contributed by atoms with Crippen molar-refractivity contribution in [1.29, 1.82) is 0 Å². The number of amides is 1. The van der Waals surface area contributed by atoms with Crippen LogP contribution in [0.1, 0.15) is 316 Å².